The summed E-state index contributed by atoms with van der Waals surface area (Å²) in [6.07, 6.45) is 5.15. The number of aliphatic hydroxyl groups is 1. The minimum atomic E-state index is -0.658. The normalized spacial score (nSPS) is 18.9. The van der Waals surface area contributed by atoms with Gasteiger partial charge in [0.1, 0.15) is 18.2 Å². The molecule has 1 N–H and O–H groups in total. The van der Waals surface area contributed by atoms with E-state index in [9.17, 15) is 14.3 Å². The molecular weight excluding hydrogens is 397 g/mol. The minimum Gasteiger partial charge on any atom is -0.462 e. The lowest BCUT2D eigenvalue weighted by Gasteiger charge is -2.27. The number of carbonyl (C=O) groups is 1. The Morgan fingerprint density at radius 3 is 2.55 bits per heavy atom. The molecule has 0 aliphatic carbocycles. The molecule has 3 aromatic rings. The average molecular weight is 423 g/mol. The molecule has 2 aromatic heterocycles. The zero-order valence-electron chi connectivity index (χ0n) is 17.7. The van der Waals surface area contributed by atoms with Crippen LogP contribution in [-0.2, 0) is 16.1 Å². The molecule has 0 saturated carbocycles. The van der Waals surface area contributed by atoms with Crippen LogP contribution in [0.2, 0.25) is 0 Å². The predicted octanol–water partition coefficient (Wildman–Crippen LogP) is 4.33. The molecule has 4 rings (SSSR count). The number of ether oxygens (including phenoxy) is 1. The van der Waals surface area contributed by atoms with E-state index in [2.05, 4.69) is 34.4 Å². The van der Waals surface area contributed by atoms with Gasteiger partial charge in [0.05, 0.1) is 12.5 Å². The molecule has 31 heavy (non-hydrogen) atoms. The van der Waals surface area contributed by atoms with E-state index >= 15 is 0 Å². The largest absolute Gasteiger partial charge is 0.462 e. The SMILES string of the molecule is CC(C)c1c(-c2cncnc2)cc(-c2ccc(F)cc2)n1CCC1CC(O)CC(=O)O1. The van der Waals surface area contributed by atoms with Gasteiger partial charge in [-0.25, -0.2) is 14.4 Å². The highest BCUT2D eigenvalue weighted by Crippen LogP contribution is 2.37. The molecule has 2 atom stereocenters. The van der Waals surface area contributed by atoms with E-state index in [-0.39, 0.29) is 30.2 Å². The summed E-state index contributed by atoms with van der Waals surface area (Å²) in [6.45, 7) is 4.84. The smallest absolute Gasteiger partial charge is 0.308 e. The molecule has 162 valence electrons. The Morgan fingerprint density at radius 1 is 1.19 bits per heavy atom. The summed E-state index contributed by atoms with van der Waals surface area (Å²) < 4.78 is 21.2. The first-order valence-corrected chi connectivity index (χ1v) is 10.5. The first-order chi connectivity index (χ1) is 14.9. The third-order valence-electron chi connectivity index (χ3n) is 5.61. The summed E-state index contributed by atoms with van der Waals surface area (Å²) in [6, 6.07) is 8.52. The second-order valence-electron chi connectivity index (χ2n) is 8.26. The van der Waals surface area contributed by atoms with Crippen molar-refractivity contribution in [3.8, 4) is 22.4 Å². The van der Waals surface area contributed by atoms with Gasteiger partial charge in [0, 0.05) is 54.3 Å². The van der Waals surface area contributed by atoms with Crippen LogP contribution >= 0.6 is 0 Å². The number of aliphatic hydroxyl groups excluding tert-OH is 1. The number of rotatable bonds is 6. The van der Waals surface area contributed by atoms with E-state index in [0.717, 1.165) is 28.1 Å². The maximum absolute atomic E-state index is 13.5. The third-order valence-corrected chi connectivity index (χ3v) is 5.61. The molecule has 0 spiro atoms. The summed E-state index contributed by atoms with van der Waals surface area (Å²) in [5.74, 6) is -0.448. The van der Waals surface area contributed by atoms with Crippen molar-refractivity contribution in [2.24, 2.45) is 0 Å². The Labute approximate surface area is 180 Å². The standard InChI is InChI=1S/C24H26FN3O3/c1-15(2)24-21(17-12-26-14-27-13-17)11-22(16-3-5-18(25)6-4-16)28(24)8-7-20-9-19(29)10-23(30)31-20/h3-6,11-15,19-20,29H,7-10H2,1-2H3. The molecule has 1 saturated heterocycles. The van der Waals surface area contributed by atoms with Crippen molar-refractivity contribution in [2.45, 2.75) is 57.8 Å². The van der Waals surface area contributed by atoms with E-state index in [0.29, 0.717) is 19.4 Å². The lowest BCUT2D eigenvalue weighted by molar-refractivity contribution is -0.160. The van der Waals surface area contributed by atoms with Crippen LogP contribution in [0.5, 0.6) is 0 Å². The number of hydrogen-bond donors (Lipinski definition) is 1. The molecule has 1 aliphatic rings. The molecule has 0 radical (unpaired) electrons. The molecule has 1 fully saturated rings. The van der Waals surface area contributed by atoms with Crippen molar-refractivity contribution in [3.05, 3.63) is 60.6 Å². The van der Waals surface area contributed by atoms with E-state index in [1.165, 1.54) is 18.5 Å². The number of benzene rings is 1. The summed E-state index contributed by atoms with van der Waals surface area (Å²) >= 11 is 0. The first-order valence-electron chi connectivity index (χ1n) is 10.5. The Bertz CT molecular complexity index is 1050. The zero-order valence-corrected chi connectivity index (χ0v) is 17.7. The van der Waals surface area contributed by atoms with E-state index in [4.69, 9.17) is 4.74 Å². The van der Waals surface area contributed by atoms with Gasteiger partial charge < -0.3 is 14.4 Å². The Morgan fingerprint density at radius 2 is 1.90 bits per heavy atom. The van der Waals surface area contributed by atoms with Crippen LogP contribution in [0.15, 0.2) is 49.1 Å². The second-order valence-corrected chi connectivity index (χ2v) is 8.26. The lowest BCUT2D eigenvalue weighted by atomic mass is 10.0. The van der Waals surface area contributed by atoms with Gasteiger partial charge in [-0.3, -0.25) is 4.79 Å². The highest BCUT2D eigenvalue weighted by molar-refractivity contribution is 5.75. The fourth-order valence-electron chi connectivity index (χ4n) is 4.27. The number of hydrogen-bond acceptors (Lipinski definition) is 5. The molecule has 0 bridgehead atoms. The quantitative estimate of drug-likeness (QED) is 0.597. The molecule has 6 nitrogen and oxygen atoms in total. The van der Waals surface area contributed by atoms with E-state index in [1.807, 2.05) is 0 Å². The zero-order chi connectivity index (χ0) is 22.0. The van der Waals surface area contributed by atoms with E-state index < -0.39 is 6.10 Å². The molecule has 0 amide bonds. The van der Waals surface area contributed by atoms with Gasteiger partial charge in [-0.15, -0.1) is 0 Å². The number of nitrogens with zero attached hydrogens (tertiary/aromatic N) is 3. The van der Waals surface area contributed by atoms with Crippen LogP contribution < -0.4 is 0 Å². The Balaban J connectivity index is 1.76. The van der Waals surface area contributed by atoms with Crippen molar-refractivity contribution in [3.63, 3.8) is 0 Å². The highest BCUT2D eigenvalue weighted by Gasteiger charge is 2.28. The van der Waals surface area contributed by atoms with Crippen LogP contribution in [0, 0.1) is 5.82 Å². The first kappa shape index (κ1) is 21.2. The number of esters is 1. The number of aromatic nitrogens is 3. The topological polar surface area (TPSA) is 77.2 Å². The fourth-order valence-corrected chi connectivity index (χ4v) is 4.27. The number of cyclic esters (lactones) is 1. The van der Waals surface area contributed by atoms with Crippen LogP contribution in [0.1, 0.15) is 44.7 Å². The third kappa shape index (κ3) is 4.66. The van der Waals surface area contributed by atoms with Crippen LogP contribution in [-0.4, -0.2) is 37.8 Å². The van der Waals surface area contributed by atoms with Crippen molar-refractivity contribution >= 4 is 5.97 Å². The van der Waals surface area contributed by atoms with Gasteiger partial charge >= 0.3 is 5.97 Å². The molecule has 1 aromatic carbocycles. The summed E-state index contributed by atoms with van der Waals surface area (Å²) in [5, 5.41) is 9.94. The number of carbonyl (C=O) groups excluding carboxylic acids is 1. The Kier molecular flexibility index (Phi) is 6.13. The molecule has 7 heteroatoms. The minimum absolute atomic E-state index is 0.0518. The van der Waals surface area contributed by atoms with Gasteiger partial charge in [-0.1, -0.05) is 13.8 Å². The maximum atomic E-state index is 13.5. The highest BCUT2D eigenvalue weighted by atomic mass is 19.1. The molecule has 2 unspecified atom stereocenters. The van der Waals surface area contributed by atoms with Gasteiger partial charge in [-0.05, 0) is 41.8 Å². The predicted molar refractivity (Wildman–Crippen MR) is 115 cm³/mol. The summed E-state index contributed by atoms with van der Waals surface area (Å²) in [5.41, 5.74) is 4.89. The van der Waals surface area contributed by atoms with Crippen molar-refractivity contribution in [1.82, 2.24) is 14.5 Å². The fraction of sp³-hybridized carbons (Fsp3) is 0.375. The van der Waals surface area contributed by atoms with Gasteiger partial charge in [0.2, 0.25) is 0 Å². The monoisotopic (exact) mass is 423 g/mol. The lowest BCUT2D eigenvalue weighted by Crippen LogP contribution is -2.33. The van der Waals surface area contributed by atoms with E-state index in [1.54, 1.807) is 24.5 Å². The molecule has 1 aliphatic heterocycles. The maximum Gasteiger partial charge on any atom is 0.308 e. The Hall–Kier alpha value is -3.06. The van der Waals surface area contributed by atoms with Crippen LogP contribution in [0.4, 0.5) is 4.39 Å². The van der Waals surface area contributed by atoms with Gasteiger partial charge in [0.25, 0.3) is 0 Å². The number of halogens is 1. The van der Waals surface area contributed by atoms with Crippen LogP contribution in [0.3, 0.4) is 0 Å². The van der Waals surface area contributed by atoms with Gasteiger partial charge in [0.15, 0.2) is 0 Å². The van der Waals surface area contributed by atoms with Crippen molar-refractivity contribution in [2.75, 3.05) is 0 Å². The second kappa shape index (κ2) is 8.98. The average Bonchev–Trinajstić information content (AvgIpc) is 3.12. The molecule has 3 heterocycles. The van der Waals surface area contributed by atoms with Crippen molar-refractivity contribution < 1.29 is 19.0 Å². The molecular formula is C24H26FN3O3. The van der Waals surface area contributed by atoms with Crippen LogP contribution in [0.25, 0.3) is 22.4 Å². The van der Waals surface area contributed by atoms with Gasteiger partial charge in [-0.2, -0.15) is 0 Å². The summed E-state index contributed by atoms with van der Waals surface area (Å²) in [7, 11) is 0. The van der Waals surface area contributed by atoms with Crippen molar-refractivity contribution in [1.29, 1.82) is 0 Å². The summed E-state index contributed by atoms with van der Waals surface area (Å²) in [4.78, 5) is 20.1.